The molecule has 0 aliphatic carbocycles. The van der Waals surface area contributed by atoms with Gasteiger partial charge in [-0.3, -0.25) is 9.59 Å². The van der Waals surface area contributed by atoms with E-state index in [0.717, 1.165) is 36.4 Å². The molecule has 0 unspecified atom stereocenters. The van der Waals surface area contributed by atoms with Crippen LogP contribution in [0, 0.1) is 5.82 Å². The molecule has 202 valence electrons. The van der Waals surface area contributed by atoms with E-state index in [2.05, 4.69) is 10.1 Å². The van der Waals surface area contributed by atoms with Crippen molar-refractivity contribution < 1.29 is 45.4 Å². The number of amides is 1. The highest BCUT2D eigenvalue weighted by Crippen LogP contribution is 2.36. The number of rotatable bonds is 5. The molecular formula is C25H15ClF4N2O6S. The van der Waals surface area contributed by atoms with Crippen LogP contribution in [0.25, 0.3) is 5.76 Å². The molecule has 0 saturated carbocycles. The number of sulfonamides is 1. The SMILES string of the molecule is O=C(/C=C/N1C(=C(O)c2ccc(F)c(Cl)c2)C(=O)c2ccccc2S1(=O)=O)Nc1cccc(OC(F)(F)F)c1. The first-order valence-corrected chi connectivity index (χ1v) is 12.5. The molecule has 1 heterocycles. The van der Waals surface area contributed by atoms with E-state index in [1.165, 1.54) is 30.3 Å². The summed E-state index contributed by atoms with van der Waals surface area (Å²) in [6.45, 7) is 0. The van der Waals surface area contributed by atoms with E-state index in [1.54, 1.807) is 0 Å². The van der Waals surface area contributed by atoms with Gasteiger partial charge in [-0.25, -0.2) is 17.1 Å². The smallest absolute Gasteiger partial charge is 0.505 e. The van der Waals surface area contributed by atoms with Crippen LogP contribution < -0.4 is 10.1 Å². The van der Waals surface area contributed by atoms with Gasteiger partial charge in [-0.15, -0.1) is 13.2 Å². The predicted octanol–water partition coefficient (Wildman–Crippen LogP) is 5.64. The van der Waals surface area contributed by atoms with Gasteiger partial charge in [0.15, 0.2) is 5.76 Å². The van der Waals surface area contributed by atoms with Crippen molar-refractivity contribution in [3.8, 4) is 5.75 Å². The van der Waals surface area contributed by atoms with E-state index in [9.17, 15) is 40.7 Å². The lowest BCUT2D eigenvalue weighted by Gasteiger charge is -2.29. The minimum Gasteiger partial charge on any atom is -0.505 e. The van der Waals surface area contributed by atoms with Gasteiger partial charge in [-0.1, -0.05) is 29.8 Å². The number of aliphatic hydroxyl groups is 1. The molecule has 0 fully saturated rings. The van der Waals surface area contributed by atoms with Gasteiger partial charge in [0.05, 0.1) is 9.92 Å². The Labute approximate surface area is 223 Å². The van der Waals surface area contributed by atoms with Crippen molar-refractivity contribution in [2.24, 2.45) is 0 Å². The number of nitrogens with one attached hydrogen (secondary N) is 1. The summed E-state index contributed by atoms with van der Waals surface area (Å²) in [6.07, 6.45) is -3.60. The third-order valence-corrected chi connectivity index (χ3v) is 7.24. The number of halogens is 5. The summed E-state index contributed by atoms with van der Waals surface area (Å²) < 4.78 is 82.0. The standard InChI is InChI=1S/C25H15ClF4N2O6S/c26-18-12-14(8-9-19(18)27)23(34)22-24(35)17-6-1-2-7-20(17)39(36,37)32(22)11-10-21(33)31-15-4-3-5-16(13-15)38-25(28,29)30/h1-13,34H,(H,31,33)/b11-10+,23-22?. The van der Waals surface area contributed by atoms with Crippen molar-refractivity contribution in [2.75, 3.05) is 5.32 Å². The van der Waals surface area contributed by atoms with Gasteiger partial charge in [0.2, 0.25) is 11.7 Å². The van der Waals surface area contributed by atoms with Crippen molar-refractivity contribution in [3.63, 3.8) is 0 Å². The van der Waals surface area contributed by atoms with E-state index in [0.29, 0.717) is 16.6 Å². The van der Waals surface area contributed by atoms with E-state index in [1.807, 2.05) is 0 Å². The first kappa shape index (κ1) is 27.7. The van der Waals surface area contributed by atoms with Gasteiger partial charge < -0.3 is 15.2 Å². The Balaban J connectivity index is 1.74. The van der Waals surface area contributed by atoms with Crippen LogP contribution in [0.5, 0.6) is 5.75 Å². The van der Waals surface area contributed by atoms with Crippen LogP contribution in [0.2, 0.25) is 5.02 Å². The summed E-state index contributed by atoms with van der Waals surface area (Å²) in [5, 5.41) is 12.7. The molecule has 14 heteroatoms. The molecule has 2 N–H and O–H groups in total. The first-order chi connectivity index (χ1) is 18.3. The zero-order valence-corrected chi connectivity index (χ0v) is 20.8. The van der Waals surface area contributed by atoms with Crippen LogP contribution in [0.15, 0.2) is 89.6 Å². The number of carbonyl (C=O) groups is 2. The molecule has 8 nitrogen and oxygen atoms in total. The molecule has 1 aliphatic rings. The Hall–Kier alpha value is -4.36. The second-order valence-electron chi connectivity index (χ2n) is 7.83. The average Bonchev–Trinajstić information content (AvgIpc) is 2.86. The largest absolute Gasteiger partial charge is 0.573 e. The number of allylic oxidation sites excluding steroid dienone is 1. The molecule has 39 heavy (non-hydrogen) atoms. The number of carbonyl (C=O) groups excluding carboxylic acids is 2. The zero-order chi connectivity index (χ0) is 28.5. The molecule has 0 spiro atoms. The Morgan fingerprint density at radius 2 is 1.77 bits per heavy atom. The molecule has 3 aromatic rings. The number of Topliss-reactive ketones (excluding diaryl/α,β-unsaturated/α-hetero) is 1. The van der Waals surface area contributed by atoms with Gasteiger partial charge >= 0.3 is 6.36 Å². The normalized spacial score (nSPS) is 16.1. The van der Waals surface area contributed by atoms with Crippen molar-refractivity contribution in [1.29, 1.82) is 0 Å². The summed E-state index contributed by atoms with van der Waals surface area (Å²) in [5.74, 6) is -4.24. The van der Waals surface area contributed by atoms with Crippen LogP contribution in [0.4, 0.5) is 23.2 Å². The lowest BCUT2D eigenvalue weighted by atomic mass is 10.0. The number of fused-ring (bicyclic) bond motifs is 1. The molecular weight excluding hydrogens is 568 g/mol. The van der Waals surface area contributed by atoms with Crippen molar-refractivity contribution in [3.05, 3.63) is 107 Å². The number of ketones is 1. The number of hydrogen-bond donors (Lipinski definition) is 2. The number of ether oxygens (including phenoxy) is 1. The molecule has 3 aromatic carbocycles. The molecule has 0 radical (unpaired) electrons. The van der Waals surface area contributed by atoms with Crippen LogP contribution in [0.1, 0.15) is 15.9 Å². The maximum Gasteiger partial charge on any atom is 0.573 e. The molecule has 0 atom stereocenters. The topological polar surface area (TPSA) is 113 Å². The molecule has 1 amide bonds. The van der Waals surface area contributed by atoms with Gasteiger partial charge in [0.25, 0.3) is 10.0 Å². The number of hydrogen-bond acceptors (Lipinski definition) is 6. The highest BCUT2D eigenvalue weighted by molar-refractivity contribution is 7.89. The van der Waals surface area contributed by atoms with E-state index >= 15 is 0 Å². The Morgan fingerprint density at radius 1 is 1.05 bits per heavy atom. The molecule has 4 rings (SSSR count). The maximum absolute atomic E-state index is 13.7. The lowest BCUT2D eigenvalue weighted by molar-refractivity contribution is -0.274. The van der Waals surface area contributed by atoms with Crippen LogP contribution >= 0.6 is 11.6 Å². The Bertz CT molecular complexity index is 1650. The van der Waals surface area contributed by atoms with Gasteiger partial charge in [0, 0.05) is 35.2 Å². The highest BCUT2D eigenvalue weighted by atomic mass is 35.5. The fourth-order valence-electron chi connectivity index (χ4n) is 3.57. The van der Waals surface area contributed by atoms with Crippen molar-refractivity contribution >= 4 is 44.8 Å². The number of nitrogens with zero attached hydrogens (tertiary/aromatic N) is 1. The third kappa shape index (κ3) is 5.89. The molecule has 0 aromatic heterocycles. The third-order valence-electron chi connectivity index (χ3n) is 5.22. The molecule has 0 saturated heterocycles. The van der Waals surface area contributed by atoms with Crippen LogP contribution in [-0.2, 0) is 14.8 Å². The van der Waals surface area contributed by atoms with Crippen LogP contribution in [0.3, 0.4) is 0 Å². The summed E-state index contributed by atoms with van der Waals surface area (Å²) in [4.78, 5) is 25.4. The highest BCUT2D eigenvalue weighted by Gasteiger charge is 2.40. The molecule has 0 bridgehead atoms. The number of benzene rings is 3. The van der Waals surface area contributed by atoms with E-state index in [-0.39, 0.29) is 16.8 Å². The number of alkyl halides is 3. The zero-order valence-electron chi connectivity index (χ0n) is 19.2. The minimum absolute atomic E-state index is 0.117. The maximum atomic E-state index is 13.7. The Morgan fingerprint density at radius 3 is 2.46 bits per heavy atom. The number of anilines is 1. The van der Waals surface area contributed by atoms with Gasteiger partial charge in [-0.05, 0) is 42.5 Å². The van der Waals surface area contributed by atoms with Crippen molar-refractivity contribution in [1.82, 2.24) is 4.31 Å². The van der Waals surface area contributed by atoms with E-state index in [4.69, 9.17) is 11.6 Å². The predicted molar refractivity (Wildman–Crippen MR) is 132 cm³/mol. The summed E-state index contributed by atoms with van der Waals surface area (Å²) in [5.41, 5.74) is -1.35. The van der Waals surface area contributed by atoms with Crippen molar-refractivity contribution in [2.45, 2.75) is 11.3 Å². The second kappa shape index (κ2) is 10.4. The first-order valence-electron chi connectivity index (χ1n) is 10.7. The molecule has 1 aliphatic heterocycles. The summed E-state index contributed by atoms with van der Waals surface area (Å²) in [7, 11) is -4.56. The lowest BCUT2D eigenvalue weighted by Crippen LogP contribution is -2.36. The fraction of sp³-hybridized carbons (Fsp3) is 0.0400. The quantitative estimate of drug-likeness (QED) is 0.229. The van der Waals surface area contributed by atoms with Crippen LogP contribution in [-0.4, -0.2) is 35.9 Å². The number of aliphatic hydroxyl groups excluding tert-OH is 1. The van der Waals surface area contributed by atoms with E-state index < -0.39 is 61.0 Å². The van der Waals surface area contributed by atoms with Gasteiger partial charge in [0.1, 0.15) is 17.3 Å². The fourth-order valence-corrected chi connectivity index (χ4v) is 5.28. The minimum atomic E-state index is -4.96. The Kier molecular flexibility index (Phi) is 7.39. The second-order valence-corrected chi connectivity index (χ2v) is 10.0. The van der Waals surface area contributed by atoms with Gasteiger partial charge in [-0.2, -0.15) is 0 Å². The summed E-state index contributed by atoms with van der Waals surface area (Å²) in [6, 6.07) is 12.4. The average molecular weight is 583 g/mol. The monoisotopic (exact) mass is 582 g/mol. The summed E-state index contributed by atoms with van der Waals surface area (Å²) >= 11 is 5.77.